The Kier molecular flexibility index (Phi) is 3.80. The topological polar surface area (TPSA) is 79.7 Å². The van der Waals surface area contributed by atoms with E-state index in [1.807, 2.05) is 0 Å². The molecule has 1 aliphatic carbocycles. The van der Waals surface area contributed by atoms with Crippen LogP contribution in [0.5, 0.6) is 0 Å². The van der Waals surface area contributed by atoms with Gasteiger partial charge in [0, 0.05) is 12.6 Å². The van der Waals surface area contributed by atoms with Gasteiger partial charge in [-0.3, -0.25) is 5.32 Å². The van der Waals surface area contributed by atoms with Crippen LogP contribution in [0.15, 0.2) is 0 Å². The molecule has 0 aromatic rings. The van der Waals surface area contributed by atoms with Gasteiger partial charge in [0.05, 0.1) is 6.10 Å². The molecule has 4 atom stereocenters. The normalized spacial score (nSPS) is 40.7. The first-order valence-electron chi connectivity index (χ1n) is 7.14. The van der Waals surface area contributed by atoms with Gasteiger partial charge in [-0.25, -0.2) is 4.79 Å². The summed E-state index contributed by atoms with van der Waals surface area (Å²) in [7, 11) is 0. The molecule has 4 N–H and O–H groups in total. The average molecular weight is 269 g/mol. The van der Waals surface area contributed by atoms with Gasteiger partial charge in [0.1, 0.15) is 6.23 Å². The zero-order valence-electron chi connectivity index (χ0n) is 12.5. The lowest BCUT2D eigenvalue weighted by Crippen LogP contribution is -2.50. The lowest BCUT2D eigenvalue weighted by atomic mass is 9.62. The molecule has 5 nitrogen and oxygen atoms in total. The van der Waals surface area contributed by atoms with E-state index >= 15 is 0 Å². The van der Waals surface area contributed by atoms with Crippen molar-refractivity contribution in [2.45, 2.75) is 65.3 Å². The van der Waals surface area contributed by atoms with E-state index in [0.717, 1.165) is 19.3 Å². The van der Waals surface area contributed by atoms with Gasteiger partial charge in [-0.1, -0.05) is 20.8 Å². The van der Waals surface area contributed by atoms with Crippen molar-refractivity contribution >= 4 is 6.03 Å². The SMILES string of the molecule is CC1OC1NC1CC(C)(C)CC(C)(CNC(N)=O)C1. The smallest absolute Gasteiger partial charge is 0.312 e. The summed E-state index contributed by atoms with van der Waals surface area (Å²) in [6.07, 6.45) is 3.83. The highest BCUT2D eigenvalue weighted by Crippen LogP contribution is 2.46. The number of hydrogen-bond acceptors (Lipinski definition) is 3. The number of nitrogens with one attached hydrogen (secondary N) is 2. The molecule has 1 saturated heterocycles. The molecule has 0 aromatic carbocycles. The van der Waals surface area contributed by atoms with Crippen molar-refractivity contribution in [1.29, 1.82) is 0 Å². The van der Waals surface area contributed by atoms with Crippen LogP contribution in [0.3, 0.4) is 0 Å². The fraction of sp³-hybridized carbons (Fsp3) is 0.929. The Labute approximate surface area is 115 Å². The van der Waals surface area contributed by atoms with Crippen LogP contribution in [0.25, 0.3) is 0 Å². The van der Waals surface area contributed by atoms with Crippen molar-refractivity contribution in [3.05, 3.63) is 0 Å². The fourth-order valence-corrected chi connectivity index (χ4v) is 3.78. The zero-order chi connectivity index (χ0) is 14.3. The first kappa shape index (κ1) is 14.6. The molecule has 0 bridgehead atoms. The third kappa shape index (κ3) is 4.08. The number of carbonyl (C=O) groups excluding carboxylic acids is 1. The maximum Gasteiger partial charge on any atom is 0.312 e. The number of primary amides is 1. The predicted molar refractivity (Wildman–Crippen MR) is 74.6 cm³/mol. The highest BCUT2D eigenvalue weighted by atomic mass is 16.6. The number of rotatable bonds is 4. The van der Waals surface area contributed by atoms with Crippen molar-refractivity contribution in [1.82, 2.24) is 10.6 Å². The van der Waals surface area contributed by atoms with Crippen LogP contribution in [0.2, 0.25) is 0 Å². The number of hydrogen-bond donors (Lipinski definition) is 3. The molecule has 1 saturated carbocycles. The van der Waals surface area contributed by atoms with Crippen LogP contribution in [-0.2, 0) is 4.74 Å². The third-order valence-corrected chi connectivity index (χ3v) is 4.24. The highest BCUT2D eigenvalue weighted by molar-refractivity contribution is 5.71. The van der Waals surface area contributed by atoms with Gasteiger partial charge in [-0.05, 0) is 37.0 Å². The molecule has 2 aliphatic rings. The number of urea groups is 1. The number of epoxide rings is 1. The fourth-order valence-electron chi connectivity index (χ4n) is 3.78. The van der Waals surface area contributed by atoms with Gasteiger partial charge < -0.3 is 15.8 Å². The molecule has 2 fully saturated rings. The van der Waals surface area contributed by atoms with E-state index in [1.165, 1.54) is 0 Å². The average Bonchev–Trinajstić information content (AvgIpc) is 2.88. The van der Waals surface area contributed by atoms with Gasteiger partial charge in [-0.2, -0.15) is 0 Å². The minimum Gasteiger partial charge on any atom is -0.354 e. The van der Waals surface area contributed by atoms with Crippen molar-refractivity contribution in [3.63, 3.8) is 0 Å². The number of amides is 2. The van der Waals surface area contributed by atoms with Gasteiger partial charge in [0.15, 0.2) is 0 Å². The van der Waals surface area contributed by atoms with Gasteiger partial charge in [0.2, 0.25) is 0 Å². The molecule has 1 aliphatic heterocycles. The quantitative estimate of drug-likeness (QED) is 0.678. The molecule has 0 radical (unpaired) electrons. The van der Waals surface area contributed by atoms with Crippen LogP contribution >= 0.6 is 0 Å². The Morgan fingerprint density at radius 1 is 1.37 bits per heavy atom. The first-order valence-corrected chi connectivity index (χ1v) is 7.14. The zero-order valence-corrected chi connectivity index (χ0v) is 12.5. The van der Waals surface area contributed by atoms with Gasteiger partial charge >= 0.3 is 6.03 Å². The van der Waals surface area contributed by atoms with Crippen LogP contribution in [-0.4, -0.2) is 30.9 Å². The second-order valence-electron chi connectivity index (χ2n) is 7.40. The summed E-state index contributed by atoms with van der Waals surface area (Å²) >= 11 is 0. The summed E-state index contributed by atoms with van der Waals surface area (Å²) in [5.74, 6) is 0. The summed E-state index contributed by atoms with van der Waals surface area (Å²) in [4.78, 5) is 10.9. The molecule has 2 rings (SSSR count). The van der Waals surface area contributed by atoms with E-state index in [0.29, 0.717) is 18.7 Å². The number of nitrogens with two attached hydrogens (primary N) is 1. The van der Waals surface area contributed by atoms with Gasteiger partial charge in [-0.15, -0.1) is 0 Å². The molecule has 110 valence electrons. The van der Waals surface area contributed by atoms with Gasteiger partial charge in [0.25, 0.3) is 0 Å². The van der Waals surface area contributed by atoms with Crippen molar-refractivity contribution < 1.29 is 9.53 Å². The Morgan fingerprint density at radius 2 is 2.00 bits per heavy atom. The van der Waals surface area contributed by atoms with Crippen molar-refractivity contribution in [3.8, 4) is 0 Å². The molecule has 0 aromatic heterocycles. The Bertz CT molecular complexity index is 359. The number of ether oxygens (including phenoxy) is 1. The summed E-state index contributed by atoms with van der Waals surface area (Å²) in [5, 5.41) is 6.35. The molecule has 5 heteroatoms. The van der Waals surface area contributed by atoms with Crippen molar-refractivity contribution in [2.24, 2.45) is 16.6 Å². The van der Waals surface area contributed by atoms with Crippen LogP contribution < -0.4 is 16.4 Å². The second kappa shape index (κ2) is 4.94. The number of carbonyl (C=O) groups is 1. The minimum absolute atomic E-state index is 0.0899. The molecule has 2 amide bonds. The van der Waals surface area contributed by atoms with E-state index in [2.05, 4.69) is 38.3 Å². The standard InChI is InChI=1S/C14H27N3O2/c1-9-11(19-9)17-10-5-13(2,3)7-14(4,6-10)8-16-12(15)18/h9-11,17H,5-8H2,1-4H3,(H3,15,16,18). The highest BCUT2D eigenvalue weighted by Gasteiger charge is 2.44. The summed E-state index contributed by atoms with van der Waals surface area (Å²) in [6.45, 7) is 9.54. The molecule has 4 unspecified atom stereocenters. The molecule has 1 heterocycles. The van der Waals surface area contributed by atoms with Crippen LogP contribution in [0, 0.1) is 10.8 Å². The summed E-state index contributed by atoms with van der Waals surface area (Å²) < 4.78 is 5.45. The van der Waals surface area contributed by atoms with Crippen LogP contribution in [0.1, 0.15) is 47.0 Å². The lowest BCUT2D eigenvalue weighted by molar-refractivity contribution is 0.0674. The maximum atomic E-state index is 10.9. The molecular formula is C14H27N3O2. The predicted octanol–water partition coefficient (Wildman–Crippen LogP) is 1.57. The Hall–Kier alpha value is -0.810. The van der Waals surface area contributed by atoms with E-state index in [-0.39, 0.29) is 17.1 Å². The van der Waals surface area contributed by atoms with E-state index in [9.17, 15) is 4.79 Å². The third-order valence-electron chi connectivity index (χ3n) is 4.24. The monoisotopic (exact) mass is 269 g/mol. The second-order valence-corrected chi connectivity index (χ2v) is 7.40. The lowest BCUT2D eigenvalue weighted by Gasteiger charge is -2.47. The molecule has 19 heavy (non-hydrogen) atoms. The summed E-state index contributed by atoms with van der Waals surface area (Å²) in [6, 6.07) is 0.00615. The maximum absolute atomic E-state index is 10.9. The Morgan fingerprint density at radius 3 is 2.53 bits per heavy atom. The Balaban J connectivity index is 1.96. The first-order chi connectivity index (χ1) is 8.69. The summed E-state index contributed by atoms with van der Waals surface area (Å²) in [5.41, 5.74) is 5.55. The molecular weight excluding hydrogens is 242 g/mol. The van der Waals surface area contributed by atoms with E-state index in [4.69, 9.17) is 10.5 Å². The van der Waals surface area contributed by atoms with E-state index in [1.54, 1.807) is 0 Å². The largest absolute Gasteiger partial charge is 0.354 e. The van der Waals surface area contributed by atoms with E-state index < -0.39 is 6.03 Å². The van der Waals surface area contributed by atoms with Crippen LogP contribution in [0.4, 0.5) is 4.79 Å². The van der Waals surface area contributed by atoms with Crippen molar-refractivity contribution in [2.75, 3.05) is 6.54 Å². The molecule has 0 spiro atoms. The minimum atomic E-state index is -0.437.